The Morgan fingerprint density at radius 1 is 1.25 bits per heavy atom. The van der Waals surface area contributed by atoms with Crippen molar-refractivity contribution in [3.63, 3.8) is 0 Å². The van der Waals surface area contributed by atoms with Crippen molar-refractivity contribution in [3.8, 4) is 0 Å². The summed E-state index contributed by atoms with van der Waals surface area (Å²) >= 11 is 0. The predicted octanol–water partition coefficient (Wildman–Crippen LogP) is 1.57. The number of nitro groups is 1. The molecule has 130 valence electrons. The van der Waals surface area contributed by atoms with E-state index >= 15 is 0 Å². The highest BCUT2D eigenvalue weighted by Crippen LogP contribution is 2.30. The summed E-state index contributed by atoms with van der Waals surface area (Å²) in [5.41, 5.74) is -3.10. The summed E-state index contributed by atoms with van der Waals surface area (Å²) in [7, 11) is 0. The molecule has 0 spiro atoms. The lowest BCUT2D eigenvalue weighted by atomic mass is 10.0. The van der Waals surface area contributed by atoms with Crippen LogP contribution in [-0.4, -0.2) is 45.4 Å². The zero-order valence-electron chi connectivity index (χ0n) is 12.7. The molecule has 0 aliphatic rings. The molecule has 1 atom stereocenters. The Morgan fingerprint density at radius 2 is 1.83 bits per heavy atom. The van der Waals surface area contributed by atoms with E-state index in [1.165, 1.54) is 31.2 Å². The molecule has 0 radical (unpaired) electrons. The summed E-state index contributed by atoms with van der Waals surface area (Å²) < 4.78 is 4.74. The summed E-state index contributed by atoms with van der Waals surface area (Å²) in [5, 5.41) is 29.8. The fourth-order valence-electron chi connectivity index (χ4n) is 2.08. The van der Waals surface area contributed by atoms with Crippen LogP contribution in [0.4, 0.5) is 10.5 Å². The molecule has 0 aromatic heterocycles. The van der Waals surface area contributed by atoms with Crippen molar-refractivity contribution in [1.82, 2.24) is 0 Å². The van der Waals surface area contributed by atoms with E-state index in [-0.39, 0.29) is 12.3 Å². The van der Waals surface area contributed by atoms with Crippen LogP contribution in [-0.2, 0) is 14.3 Å². The number of carbonyl (C=O) groups is 3. The third-order valence-corrected chi connectivity index (χ3v) is 3.17. The van der Waals surface area contributed by atoms with Gasteiger partial charge in [0, 0.05) is 0 Å². The molecule has 1 amide bonds. The second kappa shape index (κ2) is 7.90. The number of benzene rings is 1. The molecule has 1 rings (SSSR count). The third kappa shape index (κ3) is 3.77. The monoisotopic (exact) mass is 340 g/mol. The molecule has 10 nitrogen and oxygen atoms in total. The van der Waals surface area contributed by atoms with E-state index in [0.717, 1.165) is 0 Å². The van der Waals surface area contributed by atoms with Gasteiger partial charge in [0.25, 0.3) is 0 Å². The van der Waals surface area contributed by atoms with Crippen LogP contribution in [0.2, 0.25) is 0 Å². The number of para-hydroxylation sites is 1. The van der Waals surface area contributed by atoms with E-state index in [0.29, 0.717) is 4.90 Å². The molecule has 0 aliphatic heterocycles. The van der Waals surface area contributed by atoms with E-state index in [1.54, 1.807) is 6.07 Å². The number of carbonyl (C=O) groups excluding carboxylic acids is 1. The van der Waals surface area contributed by atoms with E-state index in [9.17, 15) is 29.6 Å². The van der Waals surface area contributed by atoms with Gasteiger partial charge in [-0.25, -0.2) is 14.5 Å². The molecule has 0 saturated carbocycles. The topological polar surface area (TPSA) is 147 Å². The molecule has 2 N–H and O–H groups in total. The van der Waals surface area contributed by atoms with Gasteiger partial charge >= 0.3 is 23.7 Å². The first kappa shape index (κ1) is 18.9. The predicted molar refractivity (Wildman–Crippen MR) is 80.2 cm³/mol. The molecule has 0 saturated heterocycles. The van der Waals surface area contributed by atoms with E-state index in [4.69, 9.17) is 9.84 Å². The average Bonchev–Trinajstić information content (AvgIpc) is 2.51. The molecule has 1 aromatic carbocycles. The number of amides is 1. The summed E-state index contributed by atoms with van der Waals surface area (Å²) in [6, 6.07) is 7.05. The Morgan fingerprint density at radius 3 is 2.25 bits per heavy atom. The summed E-state index contributed by atoms with van der Waals surface area (Å²) in [6.45, 7) is 1.31. The normalized spacial score (nSPS) is 12.7. The van der Waals surface area contributed by atoms with Crippen LogP contribution in [0.3, 0.4) is 0 Å². The van der Waals surface area contributed by atoms with Crippen LogP contribution < -0.4 is 4.90 Å². The van der Waals surface area contributed by atoms with Crippen molar-refractivity contribution in [1.29, 1.82) is 0 Å². The van der Waals surface area contributed by atoms with Crippen molar-refractivity contribution in [2.75, 3.05) is 11.5 Å². The van der Waals surface area contributed by atoms with Gasteiger partial charge in [-0.2, -0.15) is 0 Å². The largest absolute Gasteiger partial charge is 0.481 e. The number of anilines is 1. The first-order chi connectivity index (χ1) is 11.3. The Balaban J connectivity index is 3.54. The number of carboxylic acids is 2. The molecular formula is C14H16N2O8. The Hall–Kier alpha value is -3.17. The summed E-state index contributed by atoms with van der Waals surface area (Å²) in [5.74, 6) is -3.40. The molecular weight excluding hydrogens is 324 g/mol. The number of hydrogen-bond acceptors (Lipinski definition) is 6. The van der Waals surface area contributed by atoms with Crippen molar-refractivity contribution >= 4 is 23.7 Å². The van der Waals surface area contributed by atoms with Crippen LogP contribution in [0.25, 0.3) is 0 Å². The minimum Gasteiger partial charge on any atom is -0.481 e. The van der Waals surface area contributed by atoms with Crippen molar-refractivity contribution in [2.24, 2.45) is 0 Å². The first-order valence-corrected chi connectivity index (χ1v) is 6.89. The molecule has 0 bridgehead atoms. The van der Waals surface area contributed by atoms with Gasteiger partial charge in [0.2, 0.25) is 0 Å². The molecule has 24 heavy (non-hydrogen) atoms. The third-order valence-electron chi connectivity index (χ3n) is 3.17. The van der Waals surface area contributed by atoms with Gasteiger partial charge in [0.05, 0.1) is 30.1 Å². The molecule has 1 aromatic rings. The lowest BCUT2D eigenvalue weighted by Gasteiger charge is -2.32. The number of carboxylic acid groups (broad SMARTS) is 2. The second-order valence-corrected chi connectivity index (χ2v) is 4.64. The lowest BCUT2D eigenvalue weighted by molar-refractivity contribution is -0.553. The highest BCUT2D eigenvalue weighted by atomic mass is 16.6. The SMILES string of the molecule is CCOC(=O)N(c1ccccc1)[C@@](CCC(=O)O)(C(=O)O)[N+](=O)[O-]. The average molecular weight is 340 g/mol. The van der Waals surface area contributed by atoms with Crippen molar-refractivity contribution in [3.05, 3.63) is 40.4 Å². The standard InChI is InChI=1S/C14H16N2O8/c1-2-24-13(21)15(10-6-4-3-5-7-10)14(12(19)20,16(22)23)9-8-11(17)18/h3-7H,2,8-9H2,1H3,(H,17,18)(H,19,20)/t14-/m1/s1. The summed E-state index contributed by atoms with van der Waals surface area (Å²) in [6.07, 6.45) is -3.01. The van der Waals surface area contributed by atoms with Crippen LogP contribution in [0.1, 0.15) is 19.8 Å². The number of aliphatic carboxylic acids is 2. The van der Waals surface area contributed by atoms with Crippen molar-refractivity contribution in [2.45, 2.75) is 25.4 Å². The molecule has 0 fully saturated rings. The van der Waals surface area contributed by atoms with E-state index in [2.05, 4.69) is 0 Å². The van der Waals surface area contributed by atoms with Gasteiger partial charge in [-0.3, -0.25) is 14.9 Å². The summed E-state index contributed by atoms with van der Waals surface area (Å²) in [4.78, 5) is 45.5. The fraction of sp³-hybridized carbons (Fsp3) is 0.357. The van der Waals surface area contributed by atoms with Crippen LogP contribution in [0.15, 0.2) is 30.3 Å². The van der Waals surface area contributed by atoms with E-state index in [1.807, 2.05) is 0 Å². The molecule has 0 heterocycles. The van der Waals surface area contributed by atoms with Gasteiger partial charge in [-0.1, -0.05) is 18.2 Å². The van der Waals surface area contributed by atoms with Crippen LogP contribution in [0.5, 0.6) is 0 Å². The maximum absolute atomic E-state index is 12.2. The zero-order valence-corrected chi connectivity index (χ0v) is 12.7. The number of nitrogens with zero attached hydrogens (tertiary/aromatic N) is 2. The Bertz CT molecular complexity index is 617. The molecule has 10 heteroatoms. The maximum atomic E-state index is 12.2. The number of rotatable bonds is 8. The Kier molecular flexibility index (Phi) is 6.22. The number of ether oxygens (including phenoxy) is 1. The van der Waals surface area contributed by atoms with Gasteiger partial charge < -0.3 is 14.9 Å². The van der Waals surface area contributed by atoms with Gasteiger partial charge in [-0.15, -0.1) is 0 Å². The van der Waals surface area contributed by atoms with Crippen LogP contribution >= 0.6 is 0 Å². The van der Waals surface area contributed by atoms with Crippen molar-refractivity contribution < 1.29 is 34.3 Å². The number of hydrogen-bond donors (Lipinski definition) is 2. The quantitative estimate of drug-likeness (QED) is 0.411. The Labute approximate surface area is 136 Å². The van der Waals surface area contributed by atoms with Crippen LogP contribution in [0, 0.1) is 10.1 Å². The zero-order chi connectivity index (χ0) is 18.3. The lowest BCUT2D eigenvalue weighted by Crippen LogP contribution is -2.63. The minimum atomic E-state index is -3.01. The second-order valence-electron chi connectivity index (χ2n) is 4.64. The minimum absolute atomic E-state index is 0.0968. The highest BCUT2D eigenvalue weighted by Gasteiger charge is 2.60. The highest BCUT2D eigenvalue weighted by molar-refractivity contribution is 5.97. The van der Waals surface area contributed by atoms with E-state index < -0.39 is 41.5 Å². The molecule has 0 unspecified atom stereocenters. The maximum Gasteiger partial charge on any atom is 0.420 e. The fourth-order valence-corrected chi connectivity index (χ4v) is 2.08. The van der Waals surface area contributed by atoms with Gasteiger partial charge in [0.15, 0.2) is 0 Å². The van der Waals surface area contributed by atoms with Gasteiger partial charge in [-0.05, 0) is 19.1 Å². The first-order valence-electron chi connectivity index (χ1n) is 6.89. The smallest absolute Gasteiger partial charge is 0.420 e. The van der Waals surface area contributed by atoms with Gasteiger partial charge in [0.1, 0.15) is 0 Å². The molecule has 0 aliphatic carbocycles.